The topological polar surface area (TPSA) is 115 Å². The maximum absolute atomic E-state index is 13.8. The van der Waals surface area contributed by atoms with Crippen molar-refractivity contribution >= 4 is 46.8 Å². The summed E-state index contributed by atoms with van der Waals surface area (Å²) < 4.78 is 27.2. The standard InChI is InChI=1S/C25H18F2N4O4/c1-14-22(24(33)31(30-14)19-6-2-5-17(13-19)25(34)35)29-28-21-7-3-4-15(23(21)32)8-9-16-12-18(26)10-11-20(16)27/h2-13,28,32H,1H3,(H,34,35)/b9-8+,29-22-. The summed E-state index contributed by atoms with van der Waals surface area (Å²) in [7, 11) is 0. The van der Waals surface area contributed by atoms with Crippen LogP contribution in [0.5, 0.6) is 5.75 Å². The number of anilines is 2. The van der Waals surface area contributed by atoms with Crippen LogP contribution >= 0.6 is 0 Å². The molecular formula is C25H18F2N4O4. The van der Waals surface area contributed by atoms with Gasteiger partial charge in [-0.3, -0.25) is 10.2 Å². The Morgan fingerprint density at radius 1 is 1.06 bits per heavy atom. The molecule has 0 bridgehead atoms. The quantitative estimate of drug-likeness (QED) is 0.270. The third-order valence-electron chi connectivity index (χ3n) is 5.08. The summed E-state index contributed by atoms with van der Waals surface area (Å²) >= 11 is 0. The third-order valence-corrected chi connectivity index (χ3v) is 5.08. The summed E-state index contributed by atoms with van der Waals surface area (Å²) in [6, 6.07) is 13.5. The van der Waals surface area contributed by atoms with Crippen LogP contribution in [0.4, 0.5) is 20.2 Å². The molecule has 1 amide bonds. The molecule has 0 saturated carbocycles. The van der Waals surface area contributed by atoms with E-state index < -0.39 is 23.5 Å². The molecule has 176 valence electrons. The molecule has 4 rings (SSSR count). The highest BCUT2D eigenvalue weighted by atomic mass is 19.1. The van der Waals surface area contributed by atoms with Crippen molar-refractivity contribution in [1.29, 1.82) is 0 Å². The lowest BCUT2D eigenvalue weighted by molar-refractivity contribution is -0.112. The van der Waals surface area contributed by atoms with Gasteiger partial charge in [0, 0.05) is 11.1 Å². The molecule has 0 aromatic heterocycles. The van der Waals surface area contributed by atoms with Crippen molar-refractivity contribution in [2.45, 2.75) is 6.92 Å². The number of hydrogen-bond acceptors (Lipinski definition) is 6. The monoisotopic (exact) mass is 476 g/mol. The molecule has 1 heterocycles. The zero-order chi connectivity index (χ0) is 25.1. The van der Waals surface area contributed by atoms with Crippen LogP contribution in [0.25, 0.3) is 12.2 Å². The fraction of sp³-hybridized carbons (Fsp3) is 0.0400. The number of carboxylic acid groups (broad SMARTS) is 1. The van der Waals surface area contributed by atoms with Gasteiger partial charge in [0.2, 0.25) is 0 Å². The Morgan fingerprint density at radius 3 is 2.57 bits per heavy atom. The van der Waals surface area contributed by atoms with Crippen LogP contribution in [0.1, 0.15) is 28.4 Å². The second kappa shape index (κ2) is 9.56. The molecule has 8 nitrogen and oxygen atoms in total. The van der Waals surface area contributed by atoms with Crippen LogP contribution in [-0.4, -0.2) is 33.5 Å². The van der Waals surface area contributed by atoms with Gasteiger partial charge in [-0.2, -0.15) is 15.2 Å². The largest absolute Gasteiger partial charge is 0.505 e. The summed E-state index contributed by atoms with van der Waals surface area (Å²) in [6.45, 7) is 1.56. The minimum absolute atomic E-state index is 0.000388. The molecule has 3 aromatic carbocycles. The molecule has 0 saturated heterocycles. The maximum atomic E-state index is 13.8. The van der Waals surface area contributed by atoms with Crippen LogP contribution in [0.15, 0.2) is 70.9 Å². The van der Waals surface area contributed by atoms with Crippen molar-refractivity contribution < 1.29 is 28.6 Å². The molecule has 0 spiro atoms. The van der Waals surface area contributed by atoms with Crippen LogP contribution in [-0.2, 0) is 4.79 Å². The first-order valence-electron chi connectivity index (χ1n) is 10.3. The van der Waals surface area contributed by atoms with Gasteiger partial charge in [-0.05, 0) is 49.4 Å². The predicted molar refractivity (Wildman–Crippen MR) is 128 cm³/mol. The van der Waals surface area contributed by atoms with Crippen LogP contribution in [0.3, 0.4) is 0 Å². The average Bonchev–Trinajstić information content (AvgIpc) is 3.12. The number of aromatic hydroxyl groups is 1. The Bertz CT molecular complexity index is 1430. The van der Waals surface area contributed by atoms with Gasteiger partial charge in [0.25, 0.3) is 0 Å². The fourth-order valence-electron chi connectivity index (χ4n) is 3.30. The third kappa shape index (κ3) is 4.91. The minimum atomic E-state index is -1.14. The van der Waals surface area contributed by atoms with Crippen molar-refractivity contribution in [1.82, 2.24) is 0 Å². The van der Waals surface area contributed by atoms with Crippen LogP contribution in [0, 0.1) is 11.6 Å². The molecular weight excluding hydrogens is 458 g/mol. The second-order valence-corrected chi connectivity index (χ2v) is 7.47. The lowest BCUT2D eigenvalue weighted by Gasteiger charge is -2.12. The average molecular weight is 476 g/mol. The Kier molecular flexibility index (Phi) is 6.36. The van der Waals surface area contributed by atoms with Crippen LogP contribution < -0.4 is 10.4 Å². The van der Waals surface area contributed by atoms with E-state index in [-0.39, 0.29) is 39.7 Å². The molecule has 3 aromatic rings. The van der Waals surface area contributed by atoms with E-state index in [4.69, 9.17) is 0 Å². The number of hydrogen-bond donors (Lipinski definition) is 3. The Hall–Kier alpha value is -4.86. The van der Waals surface area contributed by atoms with E-state index in [9.17, 15) is 28.6 Å². The molecule has 0 atom stereocenters. The number of aromatic carboxylic acids is 1. The molecule has 0 aliphatic carbocycles. The molecule has 35 heavy (non-hydrogen) atoms. The minimum Gasteiger partial charge on any atom is -0.505 e. The van der Waals surface area contributed by atoms with Crippen molar-refractivity contribution in [2.75, 3.05) is 10.4 Å². The lowest BCUT2D eigenvalue weighted by Crippen LogP contribution is -2.28. The first-order valence-corrected chi connectivity index (χ1v) is 10.3. The molecule has 10 heteroatoms. The van der Waals surface area contributed by atoms with E-state index in [1.54, 1.807) is 25.1 Å². The number of halogens is 2. The number of carbonyl (C=O) groups excluding carboxylic acids is 1. The number of phenols is 1. The molecule has 0 fully saturated rings. The highest BCUT2D eigenvalue weighted by molar-refractivity contribution is 6.71. The number of para-hydroxylation sites is 1. The number of carboxylic acids is 1. The van der Waals surface area contributed by atoms with E-state index in [2.05, 4.69) is 15.6 Å². The number of nitrogens with one attached hydrogen (secondary N) is 1. The summed E-state index contributed by atoms with van der Waals surface area (Å²) in [4.78, 5) is 24.1. The summed E-state index contributed by atoms with van der Waals surface area (Å²) in [5, 5.41) is 29.0. The Balaban J connectivity index is 1.55. The fourth-order valence-corrected chi connectivity index (χ4v) is 3.30. The number of hydrazone groups is 2. The number of phenolic OH excluding ortho intramolecular Hbond substituents is 1. The van der Waals surface area contributed by atoms with Gasteiger partial charge in [-0.15, -0.1) is 0 Å². The lowest BCUT2D eigenvalue weighted by atomic mass is 10.1. The predicted octanol–water partition coefficient (Wildman–Crippen LogP) is 4.73. The van der Waals surface area contributed by atoms with Gasteiger partial charge in [0.15, 0.2) is 5.71 Å². The van der Waals surface area contributed by atoms with Gasteiger partial charge >= 0.3 is 11.9 Å². The molecule has 0 radical (unpaired) electrons. The van der Waals surface area contributed by atoms with Crippen molar-refractivity contribution in [2.24, 2.45) is 10.2 Å². The zero-order valence-corrected chi connectivity index (χ0v) is 18.2. The molecule has 1 aliphatic rings. The first kappa shape index (κ1) is 23.3. The van der Waals surface area contributed by atoms with Gasteiger partial charge in [-0.25, -0.2) is 13.6 Å². The number of carbonyl (C=O) groups is 2. The van der Waals surface area contributed by atoms with Gasteiger partial charge in [0.1, 0.15) is 17.4 Å². The van der Waals surface area contributed by atoms with Crippen molar-refractivity contribution in [3.05, 3.63) is 89.0 Å². The van der Waals surface area contributed by atoms with Crippen LogP contribution in [0.2, 0.25) is 0 Å². The molecule has 0 unspecified atom stereocenters. The number of amides is 1. The summed E-state index contributed by atoms with van der Waals surface area (Å²) in [6.07, 6.45) is 2.74. The van der Waals surface area contributed by atoms with Crippen molar-refractivity contribution in [3.63, 3.8) is 0 Å². The highest BCUT2D eigenvalue weighted by Gasteiger charge is 2.31. The van der Waals surface area contributed by atoms with Crippen molar-refractivity contribution in [3.8, 4) is 5.75 Å². The number of rotatable bonds is 6. The van der Waals surface area contributed by atoms with Gasteiger partial charge in [0.05, 0.1) is 22.6 Å². The van der Waals surface area contributed by atoms with Gasteiger partial charge < -0.3 is 10.2 Å². The first-order chi connectivity index (χ1) is 16.7. The van der Waals surface area contributed by atoms with E-state index in [1.807, 2.05) is 0 Å². The smallest absolute Gasteiger partial charge is 0.335 e. The van der Waals surface area contributed by atoms with E-state index >= 15 is 0 Å². The highest BCUT2D eigenvalue weighted by Crippen LogP contribution is 2.30. The summed E-state index contributed by atoms with van der Waals surface area (Å²) in [5.74, 6) is -3.16. The van der Waals surface area contributed by atoms with Gasteiger partial charge in [-0.1, -0.05) is 30.4 Å². The number of nitrogens with zero attached hydrogens (tertiary/aromatic N) is 3. The van der Waals surface area contributed by atoms with E-state index in [1.165, 1.54) is 36.4 Å². The van der Waals surface area contributed by atoms with E-state index in [0.717, 1.165) is 23.2 Å². The molecule has 3 N–H and O–H groups in total. The maximum Gasteiger partial charge on any atom is 0.335 e. The zero-order valence-electron chi connectivity index (χ0n) is 18.2. The SMILES string of the molecule is CC1=NN(c2cccc(C(=O)O)c2)C(=O)/C1=N\Nc1cccc(/C=C/c2cc(F)ccc2F)c1O. The second-order valence-electron chi connectivity index (χ2n) is 7.47. The van der Waals surface area contributed by atoms with E-state index in [0.29, 0.717) is 5.56 Å². The Morgan fingerprint density at radius 2 is 1.80 bits per heavy atom. The molecule has 1 aliphatic heterocycles. The number of benzene rings is 3. The normalized spacial score (nSPS) is 14.6. The Labute approximate surface area is 198 Å². The summed E-state index contributed by atoms with van der Waals surface area (Å²) in [5.41, 5.74) is 3.60.